The minimum absolute atomic E-state index is 0.648. The summed E-state index contributed by atoms with van der Waals surface area (Å²) >= 11 is 0. The number of aryl methyl sites for hydroxylation is 1. The maximum absolute atomic E-state index is 8.91. The molecule has 1 aliphatic heterocycles. The Hall–Kier alpha value is -2.32. The first-order chi connectivity index (χ1) is 8.74. The quantitative estimate of drug-likeness (QED) is 0.764. The second kappa shape index (κ2) is 3.86. The van der Waals surface area contributed by atoms with E-state index in [2.05, 4.69) is 16.6 Å². The van der Waals surface area contributed by atoms with Gasteiger partial charge in [0.05, 0.1) is 17.8 Å². The van der Waals surface area contributed by atoms with E-state index in [0.29, 0.717) is 5.56 Å². The number of rotatable bonds is 1. The zero-order chi connectivity index (χ0) is 12.6. The molecular formula is C13H13N5. The number of hydrazine groups is 1. The zero-order valence-electron chi connectivity index (χ0n) is 9.80. The number of hydrazone groups is 1. The van der Waals surface area contributed by atoms with Crippen LogP contribution in [0.15, 0.2) is 35.6 Å². The molecule has 0 fully saturated rings. The Kier molecular flexibility index (Phi) is 2.32. The van der Waals surface area contributed by atoms with E-state index in [1.165, 1.54) is 0 Å². The smallest absolute Gasteiger partial charge is 0.153 e. The van der Waals surface area contributed by atoms with Crippen LogP contribution in [-0.2, 0) is 12.1 Å². The average Bonchev–Trinajstić information content (AvgIpc) is 2.78. The van der Waals surface area contributed by atoms with Crippen LogP contribution in [0.1, 0.15) is 23.1 Å². The van der Waals surface area contributed by atoms with Gasteiger partial charge in [-0.1, -0.05) is 6.07 Å². The van der Waals surface area contributed by atoms with Gasteiger partial charge in [0.15, 0.2) is 5.66 Å². The summed E-state index contributed by atoms with van der Waals surface area (Å²) in [6.45, 7) is 0. The molecule has 1 atom stereocenters. The van der Waals surface area contributed by atoms with Crippen molar-refractivity contribution in [3.8, 4) is 6.07 Å². The van der Waals surface area contributed by atoms with Crippen LogP contribution in [0.2, 0.25) is 0 Å². The summed E-state index contributed by atoms with van der Waals surface area (Å²) in [4.78, 5) is 0. The topological polar surface area (TPSA) is 77.4 Å². The lowest BCUT2D eigenvalue weighted by atomic mass is 10.0. The number of hydrogen-bond acceptors (Lipinski definition) is 5. The highest BCUT2D eigenvalue weighted by Gasteiger charge is 2.41. The molecule has 3 rings (SSSR count). The molecule has 0 saturated carbocycles. The van der Waals surface area contributed by atoms with Crippen LogP contribution in [0.3, 0.4) is 0 Å². The van der Waals surface area contributed by atoms with Crippen LogP contribution in [-0.4, -0.2) is 11.3 Å². The summed E-state index contributed by atoms with van der Waals surface area (Å²) in [5, 5.41) is 14.8. The number of benzene rings is 1. The number of nitrogens with one attached hydrogen (secondary N) is 1. The monoisotopic (exact) mass is 239 g/mol. The predicted octanol–water partition coefficient (Wildman–Crippen LogP) is 0.936. The Balaban J connectivity index is 2.01. The Bertz CT molecular complexity index is 584. The molecule has 90 valence electrons. The number of allylic oxidation sites excluding steroid dienone is 1. The third-order valence-electron chi connectivity index (χ3n) is 3.42. The van der Waals surface area contributed by atoms with E-state index in [9.17, 15) is 0 Å². The maximum Gasteiger partial charge on any atom is 0.153 e. The summed E-state index contributed by atoms with van der Waals surface area (Å²) in [6, 6.07) is 7.79. The highest BCUT2D eigenvalue weighted by atomic mass is 15.7. The molecule has 1 aromatic rings. The fourth-order valence-corrected chi connectivity index (χ4v) is 2.49. The Labute approximate surface area is 105 Å². The van der Waals surface area contributed by atoms with Gasteiger partial charge < -0.3 is 5.73 Å². The minimum atomic E-state index is -0.648. The lowest BCUT2D eigenvalue weighted by Gasteiger charge is -2.36. The van der Waals surface area contributed by atoms with Gasteiger partial charge in [0.25, 0.3) is 0 Å². The van der Waals surface area contributed by atoms with Crippen LogP contribution in [0, 0.1) is 11.3 Å². The van der Waals surface area contributed by atoms with Gasteiger partial charge in [-0.2, -0.15) is 15.5 Å². The summed E-state index contributed by atoms with van der Waals surface area (Å²) in [5.41, 5.74) is 11.7. The third-order valence-corrected chi connectivity index (χ3v) is 3.42. The highest BCUT2D eigenvalue weighted by Crippen LogP contribution is 2.37. The summed E-state index contributed by atoms with van der Waals surface area (Å²) < 4.78 is 0. The third kappa shape index (κ3) is 1.47. The number of nitrogens with zero attached hydrogens (tertiary/aromatic N) is 3. The fourth-order valence-electron chi connectivity index (χ4n) is 2.49. The second-order valence-corrected chi connectivity index (χ2v) is 4.47. The van der Waals surface area contributed by atoms with Gasteiger partial charge in [0, 0.05) is 6.20 Å². The lowest BCUT2D eigenvalue weighted by molar-refractivity contribution is 0.0554. The van der Waals surface area contributed by atoms with E-state index in [0.717, 1.165) is 24.0 Å². The number of nitrogens with two attached hydrogens (primary N) is 1. The minimum Gasteiger partial charge on any atom is -0.302 e. The molecule has 0 amide bonds. The van der Waals surface area contributed by atoms with Gasteiger partial charge in [-0.3, -0.25) is 5.43 Å². The molecule has 0 aromatic heterocycles. The van der Waals surface area contributed by atoms with Crippen LogP contribution >= 0.6 is 0 Å². The van der Waals surface area contributed by atoms with Crippen LogP contribution in [0.4, 0.5) is 0 Å². The van der Waals surface area contributed by atoms with E-state index in [1.807, 2.05) is 18.2 Å². The van der Waals surface area contributed by atoms with Crippen molar-refractivity contribution in [2.24, 2.45) is 10.8 Å². The molecule has 1 heterocycles. The van der Waals surface area contributed by atoms with Crippen molar-refractivity contribution < 1.29 is 0 Å². The number of hydrogen-bond donors (Lipinski definition) is 2. The molecule has 0 bridgehead atoms. The lowest BCUT2D eigenvalue weighted by Crippen LogP contribution is -2.54. The van der Waals surface area contributed by atoms with E-state index < -0.39 is 5.66 Å². The van der Waals surface area contributed by atoms with Crippen molar-refractivity contribution in [1.82, 2.24) is 10.5 Å². The molecule has 0 saturated heterocycles. The van der Waals surface area contributed by atoms with Gasteiger partial charge in [-0.15, -0.1) is 0 Å². The molecule has 0 radical (unpaired) electrons. The zero-order valence-corrected chi connectivity index (χ0v) is 9.80. The summed E-state index contributed by atoms with van der Waals surface area (Å²) in [5.74, 6) is 0. The van der Waals surface area contributed by atoms with Crippen molar-refractivity contribution in [3.63, 3.8) is 0 Å². The van der Waals surface area contributed by atoms with Crippen molar-refractivity contribution >= 4 is 6.21 Å². The normalized spacial score (nSPS) is 24.6. The molecule has 3 N–H and O–H groups in total. The number of fused-ring (bicyclic) bond motifs is 1. The number of nitriles is 1. The first-order valence-corrected chi connectivity index (χ1v) is 5.82. The van der Waals surface area contributed by atoms with Crippen molar-refractivity contribution in [1.29, 1.82) is 5.26 Å². The van der Waals surface area contributed by atoms with Crippen LogP contribution in [0.5, 0.6) is 0 Å². The van der Waals surface area contributed by atoms with Crippen molar-refractivity contribution in [2.75, 3.05) is 0 Å². The maximum atomic E-state index is 8.91. The fraction of sp³-hybridized carbons (Fsp3) is 0.231. The molecule has 5 nitrogen and oxygen atoms in total. The first-order valence-electron chi connectivity index (χ1n) is 5.82. The molecule has 5 heteroatoms. The predicted molar refractivity (Wildman–Crippen MR) is 68.0 cm³/mol. The first kappa shape index (κ1) is 10.8. The largest absolute Gasteiger partial charge is 0.302 e. The van der Waals surface area contributed by atoms with E-state index >= 15 is 0 Å². The molecule has 1 aromatic carbocycles. The van der Waals surface area contributed by atoms with E-state index in [-0.39, 0.29) is 0 Å². The molecule has 1 aliphatic carbocycles. The SMILES string of the molecule is N#Cc1ccc2c(c1)CCC2(N)N1N=CC=CN1. The average molecular weight is 239 g/mol. The Morgan fingerprint density at radius 1 is 1.50 bits per heavy atom. The summed E-state index contributed by atoms with van der Waals surface area (Å²) in [7, 11) is 0. The van der Waals surface area contributed by atoms with Gasteiger partial charge in [-0.05, 0) is 42.2 Å². The van der Waals surface area contributed by atoms with E-state index in [1.54, 1.807) is 23.6 Å². The second-order valence-electron chi connectivity index (χ2n) is 4.47. The van der Waals surface area contributed by atoms with Crippen molar-refractivity contribution in [2.45, 2.75) is 18.5 Å². The van der Waals surface area contributed by atoms with Crippen LogP contribution in [0.25, 0.3) is 0 Å². The van der Waals surface area contributed by atoms with Crippen molar-refractivity contribution in [3.05, 3.63) is 47.2 Å². The molecular weight excluding hydrogens is 226 g/mol. The van der Waals surface area contributed by atoms with Crippen LogP contribution < -0.4 is 11.2 Å². The van der Waals surface area contributed by atoms with Gasteiger partial charge >= 0.3 is 0 Å². The molecule has 18 heavy (non-hydrogen) atoms. The molecule has 0 spiro atoms. The molecule has 1 unspecified atom stereocenters. The standard InChI is InChI=1S/C13H13N5/c14-9-10-2-3-12-11(8-10)4-5-13(12,15)18-16-6-1-7-17-18/h1-3,6-8,16H,4-5,15H2. The highest BCUT2D eigenvalue weighted by molar-refractivity contribution is 5.71. The van der Waals surface area contributed by atoms with Gasteiger partial charge in [0.1, 0.15) is 0 Å². The van der Waals surface area contributed by atoms with E-state index in [4.69, 9.17) is 11.0 Å². The van der Waals surface area contributed by atoms with Gasteiger partial charge in [0.2, 0.25) is 0 Å². The molecule has 2 aliphatic rings. The Morgan fingerprint density at radius 3 is 3.11 bits per heavy atom. The summed E-state index contributed by atoms with van der Waals surface area (Å²) in [6.07, 6.45) is 6.94. The van der Waals surface area contributed by atoms with Gasteiger partial charge in [-0.25, -0.2) is 0 Å². The Morgan fingerprint density at radius 2 is 2.39 bits per heavy atom.